The van der Waals surface area contributed by atoms with Crippen LogP contribution in [0, 0.1) is 0 Å². The van der Waals surface area contributed by atoms with E-state index in [0.29, 0.717) is 17.0 Å². The second kappa shape index (κ2) is 4.85. The van der Waals surface area contributed by atoms with Gasteiger partial charge in [0.15, 0.2) is 11.7 Å². The number of aliphatic hydroxyl groups excluding tert-OH is 2. The molecule has 1 unspecified atom stereocenters. The Morgan fingerprint density at radius 2 is 2.45 bits per heavy atom. The highest BCUT2D eigenvalue weighted by Gasteiger charge is 2.40. The summed E-state index contributed by atoms with van der Waals surface area (Å²) in [6.45, 7) is -0.264. The lowest BCUT2D eigenvalue weighted by atomic mass is 10.2. The molecule has 1 aliphatic heterocycles. The third-order valence-corrected chi connectivity index (χ3v) is 3.40. The van der Waals surface area contributed by atoms with Gasteiger partial charge in [0.2, 0.25) is 0 Å². The molecule has 0 spiro atoms. The Morgan fingerprint density at radius 1 is 1.65 bits per heavy atom. The van der Waals surface area contributed by atoms with E-state index < -0.39 is 18.4 Å². The molecule has 0 aliphatic carbocycles. The number of ether oxygens (including phenoxy) is 2. The van der Waals surface area contributed by atoms with E-state index in [4.69, 9.17) is 20.3 Å². The molecule has 0 amide bonds. The summed E-state index contributed by atoms with van der Waals surface area (Å²) in [5.74, 6) is 0.347. The monoisotopic (exact) mass is 282 g/mol. The fraction of sp³-hybridized carbons (Fsp3) is 0.545. The SMILES string of the molecule is COc1nc2nc[nH]c2c(N)[n+]1C1C[C@H](O)[C@@H](CO)O1. The molecule has 3 atom stereocenters. The number of aromatic nitrogens is 4. The van der Waals surface area contributed by atoms with Crippen LogP contribution in [0.15, 0.2) is 6.33 Å². The Balaban J connectivity index is 2.08. The lowest BCUT2D eigenvalue weighted by Crippen LogP contribution is -2.44. The number of nitrogens with two attached hydrogens (primary N) is 1. The first kappa shape index (κ1) is 13.0. The van der Waals surface area contributed by atoms with E-state index in [0.717, 1.165) is 0 Å². The molecule has 0 saturated carbocycles. The standard InChI is InChI=1S/C11H15N5O4/c1-19-11-15-10-8(13-4-14-10)9(12)16(11)7-2-5(18)6(3-17)20-7/h4-7,17-18H,2-3H2,1H3,(H2,12,13,14)/p+1/t5-,6+,7?/m0/s1. The highest BCUT2D eigenvalue weighted by molar-refractivity contribution is 5.79. The summed E-state index contributed by atoms with van der Waals surface area (Å²) in [4.78, 5) is 11.2. The fourth-order valence-electron chi connectivity index (χ4n) is 2.39. The molecule has 5 N–H and O–H groups in total. The number of fused-ring (bicyclic) bond motifs is 1. The number of aromatic amines is 1. The number of imidazole rings is 1. The maximum atomic E-state index is 9.83. The van der Waals surface area contributed by atoms with Gasteiger partial charge in [-0.3, -0.25) is 0 Å². The summed E-state index contributed by atoms with van der Waals surface area (Å²) in [6, 6.07) is 0.234. The van der Waals surface area contributed by atoms with Crippen LogP contribution in [0.1, 0.15) is 12.6 Å². The minimum absolute atomic E-state index is 0.234. The number of rotatable bonds is 3. The molecule has 1 aliphatic rings. The van der Waals surface area contributed by atoms with Crippen molar-refractivity contribution >= 4 is 17.0 Å². The number of anilines is 1. The van der Waals surface area contributed by atoms with Crippen molar-refractivity contribution in [1.82, 2.24) is 15.0 Å². The van der Waals surface area contributed by atoms with E-state index >= 15 is 0 Å². The Labute approximate surface area is 114 Å². The first-order valence-corrected chi connectivity index (χ1v) is 6.18. The maximum Gasteiger partial charge on any atom is 0.438 e. The molecule has 0 bridgehead atoms. The number of hydrogen-bond donors (Lipinski definition) is 4. The minimum Gasteiger partial charge on any atom is -0.444 e. The van der Waals surface area contributed by atoms with Gasteiger partial charge >= 0.3 is 6.01 Å². The molecule has 20 heavy (non-hydrogen) atoms. The number of hydrogen-bond acceptors (Lipinski definition) is 7. The van der Waals surface area contributed by atoms with Gasteiger partial charge in [0, 0.05) is 6.42 Å². The van der Waals surface area contributed by atoms with Gasteiger partial charge in [-0.15, -0.1) is 0 Å². The number of aliphatic hydroxyl groups is 2. The summed E-state index contributed by atoms with van der Waals surface area (Å²) in [7, 11) is 1.46. The summed E-state index contributed by atoms with van der Waals surface area (Å²) >= 11 is 0. The molecule has 9 heteroatoms. The zero-order chi connectivity index (χ0) is 14.3. The third kappa shape index (κ3) is 1.87. The van der Waals surface area contributed by atoms with Crippen molar-refractivity contribution in [2.24, 2.45) is 0 Å². The summed E-state index contributed by atoms with van der Waals surface area (Å²) in [5.41, 5.74) is 7.10. The lowest BCUT2D eigenvalue weighted by molar-refractivity contribution is -0.751. The third-order valence-electron chi connectivity index (χ3n) is 3.40. The Kier molecular flexibility index (Phi) is 3.16. The molecule has 108 valence electrons. The summed E-state index contributed by atoms with van der Waals surface area (Å²) in [5, 5.41) is 19.0. The van der Waals surface area contributed by atoms with Crippen LogP contribution in [-0.4, -0.2) is 51.1 Å². The molecule has 1 saturated heterocycles. The van der Waals surface area contributed by atoms with Crippen molar-refractivity contribution < 1.29 is 24.3 Å². The van der Waals surface area contributed by atoms with Gasteiger partial charge in [0.1, 0.15) is 6.10 Å². The number of methoxy groups -OCH3 is 1. The Morgan fingerprint density at radius 3 is 3.10 bits per heavy atom. The topological polar surface area (TPSA) is 130 Å². The van der Waals surface area contributed by atoms with Crippen molar-refractivity contribution in [3.05, 3.63) is 6.33 Å². The zero-order valence-corrected chi connectivity index (χ0v) is 10.9. The first-order chi connectivity index (χ1) is 9.65. The number of nitrogen functional groups attached to an aromatic ring is 1. The normalized spacial score (nSPS) is 26.2. The van der Waals surface area contributed by atoms with E-state index in [1.807, 2.05) is 0 Å². The minimum atomic E-state index is -0.765. The molecule has 9 nitrogen and oxygen atoms in total. The van der Waals surface area contributed by atoms with E-state index in [1.165, 1.54) is 13.4 Å². The molecule has 0 aromatic carbocycles. The van der Waals surface area contributed by atoms with Gasteiger partial charge in [-0.2, -0.15) is 4.57 Å². The van der Waals surface area contributed by atoms with Crippen LogP contribution < -0.4 is 15.0 Å². The molecule has 2 aromatic heterocycles. The van der Waals surface area contributed by atoms with Crippen LogP contribution in [0.3, 0.4) is 0 Å². The van der Waals surface area contributed by atoms with E-state index in [1.54, 1.807) is 4.57 Å². The van der Waals surface area contributed by atoms with Gasteiger partial charge in [0.25, 0.3) is 11.5 Å². The number of nitrogens with zero attached hydrogens (tertiary/aromatic N) is 3. The van der Waals surface area contributed by atoms with E-state index in [-0.39, 0.29) is 19.0 Å². The summed E-state index contributed by atoms with van der Waals surface area (Å²) in [6.07, 6.45) is -0.193. The molecule has 0 radical (unpaired) electrons. The molecular formula is C11H16N5O4+. The summed E-state index contributed by atoms with van der Waals surface area (Å²) < 4.78 is 12.3. The number of H-pyrrole nitrogens is 1. The smallest absolute Gasteiger partial charge is 0.438 e. The van der Waals surface area contributed by atoms with Crippen molar-refractivity contribution in [2.45, 2.75) is 24.9 Å². The average Bonchev–Trinajstić information content (AvgIpc) is 3.04. The predicted octanol–water partition coefficient (Wildman–Crippen LogP) is -1.52. The van der Waals surface area contributed by atoms with Crippen LogP contribution in [0.25, 0.3) is 11.2 Å². The largest absolute Gasteiger partial charge is 0.444 e. The van der Waals surface area contributed by atoms with Gasteiger partial charge in [-0.25, -0.2) is 4.98 Å². The predicted molar refractivity (Wildman–Crippen MR) is 66.7 cm³/mol. The van der Waals surface area contributed by atoms with E-state index in [9.17, 15) is 5.11 Å². The fourth-order valence-corrected chi connectivity index (χ4v) is 2.39. The highest BCUT2D eigenvalue weighted by Crippen LogP contribution is 2.28. The van der Waals surface area contributed by atoms with Crippen LogP contribution in [0.4, 0.5) is 5.82 Å². The quantitative estimate of drug-likeness (QED) is 0.503. The molecule has 2 aromatic rings. The maximum absolute atomic E-state index is 9.83. The Hall–Kier alpha value is -1.97. The van der Waals surface area contributed by atoms with Crippen LogP contribution in [0.5, 0.6) is 6.01 Å². The average molecular weight is 282 g/mol. The lowest BCUT2D eigenvalue weighted by Gasteiger charge is -2.14. The van der Waals surface area contributed by atoms with Gasteiger partial charge in [-0.05, 0) is 4.98 Å². The highest BCUT2D eigenvalue weighted by atomic mass is 16.5. The zero-order valence-electron chi connectivity index (χ0n) is 10.9. The van der Waals surface area contributed by atoms with Crippen molar-refractivity contribution in [3.8, 4) is 6.01 Å². The molecule has 3 heterocycles. The van der Waals surface area contributed by atoms with Crippen molar-refractivity contribution in [1.29, 1.82) is 0 Å². The van der Waals surface area contributed by atoms with Crippen molar-refractivity contribution in [2.75, 3.05) is 19.5 Å². The van der Waals surface area contributed by atoms with Gasteiger partial charge in [-0.1, -0.05) is 0 Å². The van der Waals surface area contributed by atoms with Crippen LogP contribution in [-0.2, 0) is 4.74 Å². The van der Waals surface area contributed by atoms with E-state index in [2.05, 4.69) is 15.0 Å². The van der Waals surface area contributed by atoms with Gasteiger partial charge in [0.05, 0.1) is 26.1 Å². The van der Waals surface area contributed by atoms with Crippen LogP contribution in [0.2, 0.25) is 0 Å². The van der Waals surface area contributed by atoms with Gasteiger partial charge < -0.3 is 30.4 Å². The van der Waals surface area contributed by atoms with Crippen LogP contribution >= 0.6 is 0 Å². The van der Waals surface area contributed by atoms with Crippen molar-refractivity contribution in [3.63, 3.8) is 0 Å². The first-order valence-electron chi connectivity index (χ1n) is 6.18. The Bertz CT molecular complexity index is 631. The molecular weight excluding hydrogens is 266 g/mol. The second-order valence-electron chi connectivity index (χ2n) is 4.57. The molecule has 3 rings (SSSR count). The molecule has 1 fully saturated rings. The second-order valence-corrected chi connectivity index (χ2v) is 4.57. The number of nitrogens with one attached hydrogen (secondary N) is 1.